The van der Waals surface area contributed by atoms with Crippen LogP contribution in [0.15, 0.2) is 65.0 Å². The molecule has 0 radical (unpaired) electrons. The van der Waals surface area contributed by atoms with Crippen LogP contribution in [0.25, 0.3) is 34.2 Å². The summed E-state index contributed by atoms with van der Waals surface area (Å²) in [6, 6.07) is 13.9. The molecule has 0 spiro atoms. The zero-order valence-electron chi connectivity index (χ0n) is 18.9. The average Bonchev–Trinajstić information content (AvgIpc) is 2.91. The smallest absolute Gasteiger partial charge is 0.167 e. The van der Waals surface area contributed by atoms with Gasteiger partial charge in [0.15, 0.2) is 17.5 Å². The summed E-state index contributed by atoms with van der Waals surface area (Å²) >= 11 is 0. The van der Waals surface area contributed by atoms with Gasteiger partial charge in [0, 0.05) is 29.3 Å². The third-order valence-electron chi connectivity index (χ3n) is 5.17. The van der Waals surface area contributed by atoms with Gasteiger partial charge in [0.25, 0.3) is 0 Å². The Bertz CT molecular complexity index is 1350. The van der Waals surface area contributed by atoms with E-state index in [4.69, 9.17) is 14.2 Å². The fourth-order valence-corrected chi connectivity index (χ4v) is 3.37. The van der Waals surface area contributed by atoms with Crippen LogP contribution < -0.4 is 14.2 Å². The third-order valence-corrected chi connectivity index (χ3v) is 5.17. The maximum absolute atomic E-state index is 11.6. The molecule has 4 aromatic rings. The Morgan fingerprint density at radius 3 is 1.34 bits per heavy atom. The Balaban J connectivity index is 1.99. The molecule has 0 aliphatic rings. The average molecular weight is 473 g/mol. The zero-order valence-corrected chi connectivity index (χ0v) is 18.9. The van der Waals surface area contributed by atoms with E-state index in [2.05, 4.69) is 25.3 Å². The van der Waals surface area contributed by atoms with Crippen LogP contribution in [0.5, 0.6) is 23.0 Å². The highest BCUT2D eigenvalue weighted by atomic mass is 16.5. The predicted octanol–water partition coefficient (Wildman–Crippen LogP) is 5.40. The molecular weight excluding hydrogens is 454 g/mol. The number of rotatable bonds is 8. The van der Waals surface area contributed by atoms with Gasteiger partial charge in [-0.05, 0) is 46.8 Å². The van der Waals surface area contributed by atoms with Crippen molar-refractivity contribution in [1.82, 2.24) is 15.0 Å². The Hall–Kier alpha value is -4.93. The standard InChI is InChI=1S/C24H19N5O6/c1-33-13-4-7-16(19(10-13)28-31)22-25-23(17-8-5-14(34-2)11-20(17)29-32)27-24(26-22)18-9-6-15(35-3)12-21(18)30/h4-12,30H,1-3H3. The minimum atomic E-state index is -0.139. The predicted molar refractivity (Wildman–Crippen MR) is 128 cm³/mol. The summed E-state index contributed by atoms with van der Waals surface area (Å²) in [5.41, 5.74) is 0.948. The molecule has 0 fully saturated rings. The number of nitroso groups, excluding NO2 is 2. The number of phenols is 1. The van der Waals surface area contributed by atoms with Gasteiger partial charge < -0.3 is 19.3 Å². The van der Waals surface area contributed by atoms with Crippen molar-refractivity contribution in [3.63, 3.8) is 0 Å². The van der Waals surface area contributed by atoms with Gasteiger partial charge >= 0.3 is 0 Å². The van der Waals surface area contributed by atoms with E-state index in [1.54, 1.807) is 36.4 Å². The quantitative estimate of drug-likeness (QED) is 0.332. The molecule has 176 valence electrons. The lowest BCUT2D eigenvalue weighted by atomic mass is 10.1. The topological polar surface area (TPSA) is 145 Å². The second kappa shape index (κ2) is 9.91. The Labute approximate surface area is 199 Å². The molecule has 0 unspecified atom stereocenters. The van der Waals surface area contributed by atoms with E-state index in [0.717, 1.165) is 0 Å². The molecule has 0 atom stereocenters. The van der Waals surface area contributed by atoms with Crippen LogP contribution in [0.2, 0.25) is 0 Å². The van der Waals surface area contributed by atoms with Crippen molar-refractivity contribution in [2.24, 2.45) is 10.4 Å². The zero-order chi connectivity index (χ0) is 24.9. The normalized spacial score (nSPS) is 10.5. The van der Waals surface area contributed by atoms with Crippen LogP contribution in [0.1, 0.15) is 0 Å². The van der Waals surface area contributed by atoms with E-state index in [-0.39, 0.29) is 40.2 Å². The van der Waals surface area contributed by atoms with Gasteiger partial charge in [0.2, 0.25) is 0 Å². The van der Waals surface area contributed by atoms with Crippen LogP contribution >= 0.6 is 0 Å². The van der Waals surface area contributed by atoms with Gasteiger partial charge in [-0.15, -0.1) is 9.81 Å². The monoisotopic (exact) mass is 473 g/mol. The number of hydrogen-bond donors (Lipinski definition) is 1. The van der Waals surface area contributed by atoms with Crippen LogP contribution in [0, 0.1) is 9.81 Å². The number of nitrogens with zero attached hydrogens (tertiary/aromatic N) is 5. The summed E-state index contributed by atoms with van der Waals surface area (Å²) < 4.78 is 15.5. The Morgan fingerprint density at radius 2 is 0.971 bits per heavy atom. The molecule has 35 heavy (non-hydrogen) atoms. The Morgan fingerprint density at radius 1 is 0.600 bits per heavy atom. The number of phenolic OH excluding ortho intramolecular Hbond substituents is 1. The molecule has 0 aliphatic heterocycles. The largest absolute Gasteiger partial charge is 0.507 e. The molecule has 11 nitrogen and oxygen atoms in total. The summed E-state index contributed by atoms with van der Waals surface area (Å²) in [7, 11) is 4.41. The van der Waals surface area contributed by atoms with Crippen LogP contribution in [0.4, 0.5) is 11.4 Å². The minimum Gasteiger partial charge on any atom is -0.507 e. The van der Waals surface area contributed by atoms with Crippen LogP contribution in [-0.2, 0) is 0 Å². The van der Waals surface area contributed by atoms with Crippen LogP contribution in [-0.4, -0.2) is 41.4 Å². The van der Waals surface area contributed by atoms with E-state index in [0.29, 0.717) is 28.4 Å². The molecule has 0 amide bonds. The first-order chi connectivity index (χ1) is 17.0. The highest BCUT2D eigenvalue weighted by Gasteiger charge is 2.20. The van der Waals surface area contributed by atoms with Crippen molar-refractivity contribution in [2.45, 2.75) is 0 Å². The summed E-state index contributed by atoms with van der Waals surface area (Å²) in [6.45, 7) is 0. The van der Waals surface area contributed by atoms with Gasteiger partial charge in [0.1, 0.15) is 34.4 Å². The van der Waals surface area contributed by atoms with Crippen LogP contribution in [0.3, 0.4) is 0 Å². The third kappa shape index (κ3) is 4.60. The van der Waals surface area contributed by atoms with Gasteiger partial charge in [-0.3, -0.25) is 0 Å². The van der Waals surface area contributed by atoms with E-state index < -0.39 is 0 Å². The van der Waals surface area contributed by atoms with Crippen molar-refractivity contribution in [2.75, 3.05) is 21.3 Å². The number of aromatic nitrogens is 3. The fourth-order valence-electron chi connectivity index (χ4n) is 3.37. The van der Waals surface area contributed by atoms with Crippen molar-refractivity contribution in [3.05, 3.63) is 64.4 Å². The molecule has 0 bridgehead atoms. The highest BCUT2D eigenvalue weighted by molar-refractivity contribution is 5.79. The molecule has 11 heteroatoms. The maximum atomic E-state index is 11.6. The molecule has 1 aromatic heterocycles. The first-order valence-corrected chi connectivity index (χ1v) is 10.2. The van der Waals surface area contributed by atoms with Crippen molar-refractivity contribution in [1.29, 1.82) is 0 Å². The summed E-state index contributed by atoms with van der Waals surface area (Å²) in [5, 5.41) is 16.7. The first kappa shape index (κ1) is 23.2. The Kier molecular flexibility index (Phi) is 6.58. The molecule has 1 N–H and O–H groups in total. The molecule has 4 rings (SSSR count). The summed E-state index contributed by atoms with van der Waals surface area (Å²) in [4.78, 5) is 36.6. The lowest BCUT2D eigenvalue weighted by Crippen LogP contribution is -2.01. The van der Waals surface area contributed by atoms with Gasteiger partial charge in [-0.2, -0.15) is 0 Å². The van der Waals surface area contributed by atoms with E-state index in [1.807, 2.05) is 0 Å². The second-order valence-electron chi connectivity index (χ2n) is 7.14. The highest BCUT2D eigenvalue weighted by Crippen LogP contribution is 2.38. The van der Waals surface area contributed by atoms with E-state index in [1.165, 1.54) is 39.5 Å². The first-order valence-electron chi connectivity index (χ1n) is 10.2. The lowest BCUT2D eigenvalue weighted by Gasteiger charge is -2.12. The number of benzene rings is 3. The van der Waals surface area contributed by atoms with Crippen molar-refractivity contribution in [3.8, 4) is 57.2 Å². The molecule has 0 saturated carbocycles. The molecule has 1 heterocycles. The molecular formula is C24H19N5O6. The SMILES string of the molecule is COc1ccc(-c2nc(-c3ccc(OC)cc3N=O)nc(-c3ccc(OC)cc3N=O)n2)c(O)c1. The number of hydrogen-bond acceptors (Lipinski definition) is 11. The lowest BCUT2D eigenvalue weighted by molar-refractivity contribution is 0.408. The van der Waals surface area contributed by atoms with Gasteiger partial charge in [-0.1, -0.05) is 0 Å². The number of aromatic hydroxyl groups is 1. The summed E-state index contributed by atoms with van der Waals surface area (Å²) in [6.07, 6.45) is 0. The molecule has 0 aliphatic carbocycles. The van der Waals surface area contributed by atoms with Crippen molar-refractivity contribution >= 4 is 11.4 Å². The summed E-state index contributed by atoms with van der Waals surface area (Å²) in [5.74, 6) is 1.41. The number of ether oxygens (including phenoxy) is 3. The van der Waals surface area contributed by atoms with Gasteiger partial charge in [-0.25, -0.2) is 15.0 Å². The maximum Gasteiger partial charge on any atom is 0.167 e. The van der Waals surface area contributed by atoms with Gasteiger partial charge in [0.05, 0.1) is 26.9 Å². The van der Waals surface area contributed by atoms with E-state index >= 15 is 0 Å². The number of methoxy groups -OCH3 is 3. The molecule has 0 saturated heterocycles. The fraction of sp³-hybridized carbons (Fsp3) is 0.125. The molecule has 3 aromatic carbocycles. The van der Waals surface area contributed by atoms with Crippen molar-refractivity contribution < 1.29 is 19.3 Å². The second-order valence-corrected chi connectivity index (χ2v) is 7.14. The minimum absolute atomic E-state index is 0.0369. The van der Waals surface area contributed by atoms with E-state index in [9.17, 15) is 14.9 Å².